The molecule has 1 aromatic heterocycles. The Bertz CT molecular complexity index is 1620. The molecule has 13 atom stereocenters. The smallest absolute Gasteiger partial charge is 0.351 e. The summed E-state index contributed by atoms with van der Waals surface area (Å²) in [5.74, 6) is -5.90. The van der Waals surface area contributed by atoms with Gasteiger partial charge in [-0.05, 0) is 86.0 Å². The number of hydrogen-bond acceptors (Lipinski definition) is 12. The van der Waals surface area contributed by atoms with Crippen LogP contribution < -0.4 is 0 Å². The molecule has 0 spiro atoms. The van der Waals surface area contributed by atoms with Gasteiger partial charge in [0.25, 0.3) is 5.67 Å². The zero-order chi connectivity index (χ0) is 41.0. The highest BCUT2D eigenvalue weighted by Gasteiger charge is 2.56. The van der Waals surface area contributed by atoms with Gasteiger partial charge in [0.1, 0.15) is 23.6 Å². The summed E-state index contributed by atoms with van der Waals surface area (Å²) in [6.45, 7) is 13.0. The third-order valence-corrected chi connectivity index (χ3v) is 11.9. The Morgan fingerprint density at radius 2 is 1.71 bits per heavy atom. The Hall–Kier alpha value is -2.85. The number of aliphatic hydroxyl groups is 2. The number of nitrogens with zero attached hydrogens (tertiary/aromatic N) is 3. The van der Waals surface area contributed by atoms with Crippen LogP contribution in [0.5, 0.6) is 0 Å². The molecule has 1 unspecified atom stereocenters. The molecule has 310 valence electrons. The normalized spacial score (nSPS) is 38.6. The van der Waals surface area contributed by atoms with Crippen molar-refractivity contribution in [2.24, 2.45) is 17.8 Å². The molecule has 0 bridgehead atoms. The van der Waals surface area contributed by atoms with Crippen LogP contribution in [0.15, 0.2) is 30.6 Å². The first-order chi connectivity index (χ1) is 25.7. The zero-order valence-electron chi connectivity index (χ0n) is 34.5. The van der Waals surface area contributed by atoms with Crippen LogP contribution in [0, 0.1) is 17.8 Å². The Morgan fingerprint density at radius 1 is 1.04 bits per heavy atom. The molecular weight excluding hydrogens is 713 g/mol. The standard InChI is InChI=1S/C41H64FN3O10/c1-12-31-41(8,50)36(52-20-16-15-19-45-23-43-28-17-13-14-18-29(28)45)26(4)32(46)24(2)22-39(6,51-11)35(27(5)34(48)40(7,42)38(49)54-31)55-37-33(47)30(44(9)10)21-25(3)53-37/h13-14,17-18,23-27,30-31,33,35-37,47,50H,12,15-16,19-22H2,1-11H3/t24-,25-,26+,27+,30+,31-,33-,35-,36?,37+,39+,40+,41-/m1/s1. The first kappa shape index (κ1) is 44.9. The van der Waals surface area contributed by atoms with Crippen LogP contribution in [0.25, 0.3) is 11.0 Å². The number of ketones is 2. The van der Waals surface area contributed by atoms with E-state index in [9.17, 15) is 24.6 Å². The lowest BCUT2D eigenvalue weighted by Crippen LogP contribution is -2.61. The van der Waals surface area contributed by atoms with Gasteiger partial charge in [-0.1, -0.05) is 39.8 Å². The molecule has 55 heavy (non-hydrogen) atoms. The number of ether oxygens (including phenoxy) is 5. The van der Waals surface area contributed by atoms with E-state index >= 15 is 4.39 Å². The number of unbranched alkanes of at least 4 members (excludes halogenated alkanes) is 1. The second kappa shape index (κ2) is 18.2. The Balaban J connectivity index is 1.66. The summed E-state index contributed by atoms with van der Waals surface area (Å²) in [6, 6.07) is 7.48. The maximum absolute atomic E-state index is 16.7. The predicted octanol–water partition coefficient (Wildman–Crippen LogP) is 4.67. The fraction of sp³-hybridized carbons (Fsp3) is 0.756. The number of imidazole rings is 1. The van der Waals surface area contributed by atoms with Gasteiger partial charge < -0.3 is 43.4 Å². The van der Waals surface area contributed by atoms with Crippen molar-refractivity contribution < 1.29 is 52.7 Å². The lowest BCUT2D eigenvalue weighted by molar-refractivity contribution is -0.295. The van der Waals surface area contributed by atoms with Crippen molar-refractivity contribution >= 4 is 28.6 Å². The number of aliphatic hydroxyl groups excluding tert-OH is 1. The largest absolute Gasteiger partial charge is 0.457 e. The average Bonchev–Trinajstić information content (AvgIpc) is 3.55. The number of aryl methyl sites for hydroxylation is 1. The van der Waals surface area contributed by atoms with Crippen molar-refractivity contribution in [1.82, 2.24) is 14.5 Å². The lowest BCUT2D eigenvalue weighted by Gasteiger charge is -2.47. The van der Waals surface area contributed by atoms with Crippen LogP contribution in [0.3, 0.4) is 0 Å². The van der Waals surface area contributed by atoms with Gasteiger partial charge in [-0.2, -0.15) is 0 Å². The van der Waals surface area contributed by atoms with Crippen molar-refractivity contribution in [3.05, 3.63) is 30.6 Å². The molecular formula is C41H64FN3O10. The van der Waals surface area contributed by atoms with Gasteiger partial charge in [-0.25, -0.2) is 14.2 Å². The van der Waals surface area contributed by atoms with Gasteiger partial charge >= 0.3 is 5.97 Å². The molecule has 13 nitrogen and oxygen atoms in total. The summed E-state index contributed by atoms with van der Waals surface area (Å²) in [6.07, 6.45) is -2.88. The number of Topliss-reactive ketones (excluding diaryl/α,β-unsaturated/α-hetero) is 2. The molecule has 1 aromatic carbocycles. The molecule has 2 aromatic rings. The van der Waals surface area contributed by atoms with Crippen LogP contribution in [-0.2, 0) is 44.6 Å². The Labute approximate surface area is 325 Å². The van der Waals surface area contributed by atoms with Crippen molar-refractivity contribution in [3.63, 3.8) is 0 Å². The Kier molecular flexibility index (Phi) is 14.8. The van der Waals surface area contributed by atoms with E-state index in [1.807, 2.05) is 50.2 Å². The zero-order valence-corrected chi connectivity index (χ0v) is 34.5. The van der Waals surface area contributed by atoms with Crippen molar-refractivity contribution in [3.8, 4) is 0 Å². The Morgan fingerprint density at radius 3 is 2.35 bits per heavy atom. The van der Waals surface area contributed by atoms with Gasteiger partial charge in [0.2, 0.25) is 0 Å². The number of halogens is 1. The van der Waals surface area contributed by atoms with Crippen molar-refractivity contribution in [1.29, 1.82) is 0 Å². The second-order valence-corrected chi connectivity index (χ2v) is 16.6. The molecule has 2 N–H and O–H groups in total. The highest BCUT2D eigenvalue weighted by Crippen LogP contribution is 2.40. The van der Waals surface area contributed by atoms with Crippen molar-refractivity contribution in [2.45, 2.75) is 154 Å². The highest BCUT2D eigenvalue weighted by molar-refractivity contribution is 6.07. The highest BCUT2D eigenvalue weighted by atomic mass is 19.1. The number of methoxy groups -OCH3 is 1. The van der Waals surface area contributed by atoms with E-state index in [4.69, 9.17) is 23.7 Å². The minimum Gasteiger partial charge on any atom is -0.457 e. The van der Waals surface area contributed by atoms with Crippen LogP contribution >= 0.6 is 0 Å². The predicted molar refractivity (Wildman–Crippen MR) is 204 cm³/mol. The minimum absolute atomic E-state index is 0.00279. The molecule has 3 heterocycles. The number of carbonyl (C=O) groups is 3. The van der Waals surface area contributed by atoms with E-state index in [-0.39, 0.29) is 37.4 Å². The second-order valence-electron chi connectivity index (χ2n) is 16.6. The maximum Gasteiger partial charge on any atom is 0.351 e. The number of para-hydroxylation sites is 2. The summed E-state index contributed by atoms with van der Waals surface area (Å²) in [5.41, 5.74) is -4.66. The third kappa shape index (κ3) is 9.65. The topological polar surface area (TPSA) is 159 Å². The lowest BCUT2D eigenvalue weighted by atomic mass is 9.74. The molecule has 2 aliphatic rings. The van der Waals surface area contributed by atoms with Gasteiger partial charge in [0.05, 0.1) is 41.3 Å². The molecule has 2 fully saturated rings. The molecule has 0 saturated carbocycles. The quantitative estimate of drug-likeness (QED) is 0.185. The first-order valence-corrected chi connectivity index (χ1v) is 19.6. The summed E-state index contributed by atoms with van der Waals surface area (Å²) in [5, 5.41) is 23.5. The van der Waals surface area contributed by atoms with E-state index in [2.05, 4.69) is 9.55 Å². The van der Waals surface area contributed by atoms with Gasteiger partial charge in [-0.3, -0.25) is 9.59 Å². The number of aromatic nitrogens is 2. The summed E-state index contributed by atoms with van der Waals surface area (Å²) >= 11 is 0. The monoisotopic (exact) mass is 777 g/mol. The van der Waals surface area contributed by atoms with E-state index in [1.54, 1.807) is 34.0 Å². The maximum atomic E-state index is 16.7. The number of cyclic esters (lactones) is 1. The van der Waals surface area contributed by atoms with Crippen LogP contribution in [0.2, 0.25) is 0 Å². The molecule has 2 saturated heterocycles. The number of hydrogen-bond donors (Lipinski definition) is 2. The van der Waals surface area contributed by atoms with Crippen LogP contribution in [0.1, 0.15) is 87.5 Å². The number of esters is 1. The SMILES string of the molecule is CC[C@H]1OC(=O)[C@@](C)(F)C(=O)[C@H](C)[C@@H](O[C@@H]2O[C@H](C)C[C@H](N(C)C)[C@H]2O)[C@@](C)(OC)C[C@@H](C)C(=O)[C@H](C)C(OCCCCn2cnc3ccccc32)[C@]1(C)O. The fourth-order valence-electron chi connectivity index (χ4n) is 8.52. The molecule has 0 amide bonds. The molecule has 4 rings (SSSR count). The van der Waals surface area contributed by atoms with E-state index in [0.717, 1.165) is 18.0 Å². The number of carbonyl (C=O) groups excluding carboxylic acids is 3. The molecule has 0 aliphatic carbocycles. The van der Waals surface area contributed by atoms with E-state index in [0.29, 0.717) is 25.8 Å². The average molecular weight is 778 g/mol. The minimum atomic E-state index is -3.17. The van der Waals surface area contributed by atoms with Crippen LogP contribution in [0.4, 0.5) is 4.39 Å². The van der Waals surface area contributed by atoms with E-state index in [1.165, 1.54) is 21.0 Å². The summed E-state index contributed by atoms with van der Waals surface area (Å²) in [4.78, 5) is 48.5. The fourth-order valence-corrected chi connectivity index (χ4v) is 8.52. The third-order valence-electron chi connectivity index (χ3n) is 11.9. The van der Waals surface area contributed by atoms with E-state index < -0.39 is 77.1 Å². The number of likely N-dealkylation sites (N-methyl/N-ethyl adjacent to an activating group) is 1. The molecule has 0 radical (unpaired) electrons. The number of fused-ring (bicyclic) bond motifs is 1. The number of benzene rings is 1. The molecule has 2 aliphatic heterocycles. The number of alkyl halides is 1. The summed E-state index contributed by atoms with van der Waals surface area (Å²) < 4.78 is 49.3. The summed E-state index contributed by atoms with van der Waals surface area (Å²) in [7, 11) is 5.05. The van der Waals surface area contributed by atoms with Gasteiger partial charge in [0, 0.05) is 44.1 Å². The van der Waals surface area contributed by atoms with Gasteiger partial charge in [-0.15, -0.1) is 0 Å². The number of rotatable bonds is 11. The first-order valence-electron chi connectivity index (χ1n) is 19.6. The van der Waals surface area contributed by atoms with Gasteiger partial charge in [0.15, 0.2) is 12.1 Å². The van der Waals surface area contributed by atoms with Crippen LogP contribution in [-0.4, -0.2) is 130 Å². The van der Waals surface area contributed by atoms with Crippen molar-refractivity contribution in [2.75, 3.05) is 27.8 Å². The molecule has 14 heteroatoms.